The van der Waals surface area contributed by atoms with E-state index >= 15 is 0 Å². The van der Waals surface area contributed by atoms with E-state index in [0.29, 0.717) is 108 Å². The third-order valence-corrected chi connectivity index (χ3v) is 26.3. The number of phenolic OH excluding ortho intramolecular Hbond substituents is 1. The lowest BCUT2D eigenvalue weighted by Gasteiger charge is -2.36. The van der Waals surface area contributed by atoms with Gasteiger partial charge in [0.25, 0.3) is 5.91 Å². The molecule has 30 heteroatoms. The number of anilines is 5. The van der Waals surface area contributed by atoms with Gasteiger partial charge in [-0.3, -0.25) is 33.6 Å². The number of hydrogen-bond acceptors (Lipinski definition) is 15. The number of halogens is 6. The number of primary amides is 1. The molecule has 5 aliphatic heterocycles. The van der Waals surface area contributed by atoms with Crippen LogP contribution in [0.3, 0.4) is 0 Å². The van der Waals surface area contributed by atoms with E-state index in [0.717, 1.165) is 101 Å². The number of nitrogens with one attached hydrogen (secondary N) is 4. The second-order valence-electron chi connectivity index (χ2n) is 30.4. The number of para-hydroxylation sites is 1. The highest BCUT2D eigenvalue weighted by molar-refractivity contribution is 7.99. The number of thiophene rings is 4. The van der Waals surface area contributed by atoms with Crippen LogP contribution < -0.4 is 51.5 Å². The first-order chi connectivity index (χ1) is 58.7. The number of phenols is 1. The summed E-state index contributed by atoms with van der Waals surface area (Å²) in [6.45, 7) is 12.6. The Kier molecular flexibility index (Phi) is 33.4. The van der Waals surface area contributed by atoms with E-state index in [-0.39, 0.29) is 97.3 Å². The van der Waals surface area contributed by atoms with Gasteiger partial charge in [-0.15, -0.1) is 57.1 Å². The Labute approximate surface area is 727 Å². The summed E-state index contributed by atoms with van der Waals surface area (Å²) in [7, 11) is 0. The summed E-state index contributed by atoms with van der Waals surface area (Å²) in [5, 5.41) is 28.7. The maximum atomic E-state index is 14.0. The lowest BCUT2D eigenvalue weighted by atomic mass is 9.94. The van der Waals surface area contributed by atoms with Crippen molar-refractivity contribution in [3.63, 3.8) is 0 Å². The molecule has 0 spiro atoms. The molecule has 7 N–H and O–H groups in total. The van der Waals surface area contributed by atoms with Gasteiger partial charge in [0.1, 0.15) is 40.7 Å². The largest absolute Gasteiger partial charge is 0.506 e. The van der Waals surface area contributed by atoms with Gasteiger partial charge >= 0.3 is 6.03 Å². The summed E-state index contributed by atoms with van der Waals surface area (Å²) in [5.41, 5.74) is 14.0. The number of benzene rings is 6. The third kappa shape index (κ3) is 25.0. The summed E-state index contributed by atoms with van der Waals surface area (Å²) >= 11 is 7.34. The molecule has 15 rings (SSSR count). The van der Waals surface area contributed by atoms with Crippen LogP contribution in [0.1, 0.15) is 181 Å². The number of carbonyl (C=O) groups is 8. The van der Waals surface area contributed by atoms with Crippen LogP contribution in [0.2, 0.25) is 0 Å². The molecule has 644 valence electrons. The average Bonchev–Trinajstić information content (AvgIpc) is 1.36. The molecule has 0 saturated heterocycles. The van der Waals surface area contributed by atoms with Crippen molar-refractivity contribution in [1.29, 1.82) is 0 Å². The smallest absolute Gasteiger partial charge is 0.312 e. The molecule has 122 heavy (non-hydrogen) atoms. The number of amides is 9. The number of aromatic hydroxyl groups is 1. The molecule has 10 aromatic rings. The molecule has 0 fully saturated rings. The highest BCUT2D eigenvalue weighted by atomic mass is 32.2. The van der Waals surface area contributed by atoms with Crippen LogP contribution in [0.25, 0.3) is 0 Å². The fraction of sp³-hybridized carbons (Fsp3) is 0.348. The lowest BCUT2D eigenvalue weighted by Crippen LogP contribution is -2.40. The zero-order valence-electron chi connectivity index (χ0n) is 68.5. The van der Waals surface area contributed by atoms with Crippen LogP contribution in [-0.4, -0.2) is 104 Å². The van der Waals surface area contributed by atoms with Crippen LogP contribution in [0.5, 0.6) is 5.75 Å². The summed E-state index contributed by atoms with van der Waals surface area (Å²) in [5.74, 6) is -2.68. The monoisotopic (exact) mass is 1760 g/mol. The Hall–Kier alpha value is -10.8. The van der Waals surface area contributed by atoms with Gasteiger partial charge in [0.05, 0.1) is 59.3 Å². The highest BCUT2D eigenvalue weighted by Gasteiger charge is 2.33. The van der Waals surface area contributed by atoms with Gasteiger partial charge in [-0.25, -0.2) is 31.1 Å². The van der Waals surface area contributed by atoms with Gasteiger partial charge in [0.2, 0.25) is 35.4 Å². The second-order valence-corrected chi connectivity index (χ2v) is 35.4. The molecule has 5 aliphatic rings. The van der Waals surface area contributed by atoms with Crippen molar-refractivity contribution >= 4 is 133 Å². The number of nitrogens with two attached hydrogens (primary N) is 1. The molecule has 6 aromatic carbocycles. The molecular weight excluding hydrogens is 1660 g/mol. The molecule has 9 heterocycles. The predicted octanol–water partition coefficient (Wildman–Crippen LogP) is 18.9. The van der Waals surface area contributed by atoms with Gasteiger partial charge in [0, 0.05) is 125 Å². The summed E-state index contributed by atoms with van der Waals surface area (Å²) in [6, 6.07) is 41.1. The maximum absolute atomic E-state index is 14.0. The molecule has 0 aliphatic carbocycles. The van der Waals surface area contributed by atoms with E-state index in [1.165, 1.54) is 116 Å². The van der Waals surface area contributed by atoms with Crippen LogP contribution in [-0.2, 0) is 60.9 Å². The minimum Gasteiger partial charge on any atom is -0.506 e. The topological polar surface area (TPSA) is 247 Å². The van der Waals surface area contributed by atoms with E-state index in [9.17, 15) is 69.8 Å². The van der Waals surface area contributed by atoms with Gasteiger partial charge in [-0.1, -0.05) is 80.6 Å². The van der Waals surface area contributed by atoms with Crippen molar-refractivity contribution < 1.29 is 69.8 Å². The molecular formula is C92H100F6N10O9S5. The molecule has 4 aromatic heterocycles. The molecule has 19 nitrogen and oxygen atoms in total. The molecule has 0 saturated carbocycles. The number of aryl methyl sites for hydroxylation is 3. The number of rotatable bonds is 22. The highest BCUT2D eigenvalue weighted by Crippen LogP contribution is 2.40. The normalized spacial score (nSPS) is 14.6. The van der Waals surface area contributed by atoms with Gasteiger partial charge in [-0.2, -0.15) is 0 Å². The Morgan fingerprint density at radius 2 is 0.959 bits per heavy atom. The molecule has 4 atom stereocenters. The minimum absolute atomic E-state index is 0.00963. The van der Waals surface area contributed by atoms with E-state index in [1.54, 1.807) is 52.4 Å². The number of nitrogens with zero attached hydrogens (tertiary/aromatic N) is 5. The van der Waals surface area contributed by atoms with Gasteiger partial charge in [0.15, 0.2) is 0 Å². The van der Waals surface area contributed by atoms with Crippen molar-refractivity contribution in [2.75, 3.05) is 69.5 Å². The quantitative estimate of drug-likeness (QED) is 0.0275. The number of carbonyl (C=O) groups excluding carboxylic acids is 8. The predicted molar refractivity (Wildman–Crippen MR) is 474 cm³/mol. The van der Waals surface area contributed by atoms with Crippen molar-refractivity contribution in [3.8, 4) is 5.75 Å². The zero-order valence-corrected chi connectivity index (χ0v) is 72.6. The number of hydrogen-bond donors (Lipinski definition) is 6. The first kappa shape index (κ1) is 91.9. The van der Waals surface area contributed by atoms with Crippen molar-refractivity contribution in [1.82, 2.24) is 21.3 Å². The van der Waals surface area contributed by atoms with E-state index < -0.39 is 35.3 Å². The first-order valence-corrected chi connectivity index (χ1v) is 45.2. The Balaban J connectivity index is 0.000000149. The zero-order chi connectivity index (χ0) is 87.1. The minimum atomic E-state index is -0.701. The van der Waals surface area contributed by atoms with E-state index in [1.807, 2.05) is 75.6 Å². The summed E-state index contributed by atoms with van der Waals surface area (Å²) in [4.78, 5) is 110. The molecule has 0 radical (unpaired) electrons. The lowest BCUT2D eigenvalue weighted by molar-refractivity contribution is -0.123. The van der Waals surface area contributed by atoms with E-state index in [4.69, 9.17) is 5.73 Å². The molecule has 9 amide bonds. The Morgan fingerprint density at radius 1 is 0.467 bits per heavy atom. The van der Waals surface area contributed by atoms with Crippen LogP contribution in [0.4, 0.5) is 59.6 Å². The third-order valence-electron chi connectivity index (χ3n) is 21.4. The van der Waals surface area contributed by atoms with Crippen LogP contribution in [0.15, 0.2) is 178 Å². The van der Waals surface area contributed by atoms with Gasteiger partial charge in [-0.05, 0) is 200 Å². The van der Waals surface area contributed by atoms with Crippen molar-refractivity contribution in [3.05, 3.63) is 261 Å². The SMILES string of the molecule is CC(=O)N[C@@H](CC(=O)N1CCCc2c(F)cc(F)cc21)c1cccs1.CC(=O)N[C@@H](CC(=O)N1CCCc2ccc(F)cc21)c1cccs1.CC(C)c1ccc2c(c1)CCCN2C(=O)C[C@H](NC(N)=O)c1cccs1.CC(CCSc1ccccc1F)N1CCCc2cccc(O)c21.O=C(NCCC(=O)N1CCCc2c(F)cc(F)cc21)c1cccs1. The van der Waals surface area contributed by atoms with Crippen LogP contribution >= 0.6 is 57.1 Å². The van der Waals surface area contributed by atoms with Crippen molar-refractivity contribution in [2.24, 2.45) is 5.73 Å². The number of urea groups is 1. The summed E-state index contributed by atoms with van der Waals surface area (Å²) < 4.78 is 82.2. The van der Waals surface area contributed by atoms with Crippen molar-refractivity contribution in [2.45, 2.75) is 166 Å². The first-order valence-electron chi connectivity index (χ1n) is 40.7. The second kappa shape index (κ2) is 44.3. The fourth-order valence-electron chi connectivity index (χ4n) is 15.5. The summed E-state index contributed by atoms with van der Waals surface area (Å²) in [6.07, 6.45) is 9.43. The number of thioether (sulfide) groups is 1. The molecule has 1 unspecified atom stereocenters. The fourth-order valence-corrected chi connectivity index (χ4v) is 19.5. The van der Waals surface area contributed by atoms with Gasteiger partial charge < -0.3 is 56.6 Å². The number of fused-ring (bicyclic) bond motifs is 5. The van der Waals surface area contributed by atoms with E-state index in [2.05, 4.69) is 71.2 Å². The average molecular weight is 1760 g/mol. The Bertz CT molecular complexity index is 5260. The maximum Gasteiger partial charge on any atom is 0.312 e. The Morgan fingerprint density at radius 3 is 1.48 bits per heavy atom. The standard InChI is InChI=1S/C20H25N3O2S.C19H22FNOS.C18H18F2N2O2S.C18H19FN2O2S.C17H16F2N2O2S/c1-13(2)14-7-8-17-15(11-14)5-3-9-23(17)19(24)12-16(22-20(21)25)18-6-4-10-26-18;1-14(11-13-23-18-10-3-2-8-16(18)20)21-12-5-7-15-6-4-9-17(22)19(15)21;1-11(23)21-15(17-5-3-7-25-17)10-18(24)22-6-2-4-13-14(20)8-12(19)9-16(13)22;1-12(22)20-15(17-5-3-9-24-17)11-18(23)21-8-2-4-13-6-7-14(19)10-16(13)21;18-11-9-13(19)12-3-1-7-21(14(12)10-11)16(22)5-6-20-17(23)15-4-2-8-24-15/h4,6-8,10-11,13,16H,3,5,9,12H2,1-2H3,(H3,21,22,25);2-4,6,8-10,14,22H,5,7,11-13H2,1H3;3,5,7-9,15H,2,4,6,10H2,1H3,(H,21,23);3,5-7,9-10,15H,2,4,8,11H2,1H3,(H,20,22);2,4,8-10H,1,3,5-7H2,(H,20,23)/t16-;;2*15-;/m0.00./s1. The van der Waals surface area contributed by atoms with Crippen LogP contribution in [0, 0.1) is 34.9 Å². The molecule has 0 bridgehead atoms.